The maximum atomic E-state index is 13.2. The average Bonchev–Trinajstić information content (AvgIpc) is 2.84. The predicted molar refractivity (Wildman–Crippen MR) is 74.3 cm³/mol. The third kappa shape index (κ3) is 3.34. The van der Waals surface area contributed by atoms with Crippen molar-refractivity contribution >= 4 is 11.4 Å². The van der Waals surface area contributed by atoms with E-state index in [1.54, 1.807) is 20.2 Å². The molecule has 0 aliphatic heterocycles. The van der Waals surface area contributed by atoms with E-state index >= 15 is 0 Å². The summed E-state index contributed by atoms with van der Waals surface area (Å²) in [5.41, 5.74) is -0.979. The molecule has 2 aromatic rings. The van der Waals surface area contributed by atoms with E-state index in [0.29, 0.717) is 5.56 Å². The number of hydrogen-bond donors (Lipinski definition) is 2. The van der Waals surface area contributed by atoms with Gasteiger partial charge in [0.2, 0.25) is 0 Å². The zero-order valence-electron chi connectivity index (χ0n) is 11.6. The molecule has 0 saturated heterocycles. The van der Waals surface area contributed by atoms with Crippen LogP contribution >= 0.6 is 0 Å². The molecule has 7 nitrogen and oxygen atoms in total. The Hall–Kier alpha value is -2.48. The van der Waals surface area contributed by atoms with Gasteiger partial charge in [-0.25, -0.2) is 4.39 Å². The number of aliphatic hydroxyl groups is 1. The van der Waals surface area contributed by atoms with Gasteiger partial charge in [0.25, 0.3) is 5.69 Å². The summed E-state index contributed by atoms with van der Waals surface area (Å²) in [6.07, 6.45) is 3.14. The molecule has 0 aliphatic carbocycles. The smallest absolute Gasteiger partial charge is 0.292 e. The second-order valence-corrected chi connectivity index (χ2v) is 4.95. The van der Waals surface area contributed by atoms with Gasteiger partial charge in [0, 0.05) is 37.5 Å². The number of nitrogens with one attached hydrogen (secondary N) is 1. The highest BCUT2D eigenvalue weighted by Gasteiger charge is 2.26. The standard InChI is InChI=1S/C13H15FN4O3/c1-13(19,9-6-16-17(2)7-9)8-15-11-5-10(14)3-4-12(11)18(20)21/h3-7,15,19H,8H2,1-2H3/t13-/m0/s1. The summed E-state index contributed by atoms with van der Waals surface area (Å²) < 4.78 is 14.8. The molecule has 112 valence electrons. The maximum Gasteiger partial charge on any atom is 0.292 e. The highest BCUT2D eigenvalue weighted by Crippen LogP contribution is 2.27. The molecule has 0 aliphatic rings. The van der Waals surface area contributed by atoms with E-state index in [2.05, 4.69) is 10.4 Å². The van der Waals surface area contributed by atoms with Gasteiger partial charge in [0.1, 0.15) is 17.1 Å². The average molecular weight is 294 g/mol. The summed E-state index contributed by atoms with van der Waals surface area (Å²) >= 11 is 0. The normalized spacial score (nSPS) is 13.7. The Bertz CT molecular complexity index is 669. The summed E-state index contributed by atoms with van der Waals surface area (Å²) in [4.78, 5) is 10.3. The first-order chi connectivity index (χ1) is 9.79. The van der Waals surface area contributed by atoms with E-state index in [1.165, 1.54) is 10.9 Å². The largest absolute Gasteiger partial charge is 0.383 e. The Balaban J connectivity index is 2.19. The molecule has 2 rings (SSSR count). The summed E-state index contributed by atoms with van der Waals surface area (Å²) in [7, 11) is 1.71. The minimum atomic E-state index is -1.30. The quantitative estimate of drug-likeness (QED) is 0.647. The van der Waals surface area contributed by atoms with Gasteiger partial charge in [-0.1, -0.05) is 0 Å². The lowest BCUT2D eigenvalue weighted by Gasteiger charge is -2.22. The van der Waals surface area contributed by atoms with Crippen LogP contribution in [0.15, 0.2) is 30.6 Å². The van der Waals surface area contributed by atoms with E-state index in [4.69, 9.17) is 0 Å². The Morgan fingerprint density at radius 1 is 1.57 bits per heavy atom. The minimum Gasteiger partial charge on any atom is -0.383 e. The van der Waals surface area contributed by atoms with Crippen molar-refractivity contribution < 1.29 is 14.4 Å². The second-order valence-electron chi connectivity index (χ2n) is 4.95. The summed E-state index contributed by atoms with van der Waals surface area (Å²) in [5.74, 6) is -0.593. The lowest BCUT2D eigenvalue weighted by atomic mass is 9.99. The van der Waals surface area contributed by atoms with Crippen molar-refractivity contribution in [1.82, 2.24) is 9.78 Å². The molecule has 8 heteroatoms. The second kappa shape index (κ2) is 5.49. The topological polar surface area (TPSA) is 93.2 Å². The van der Waals surface area contributed by atoms with Crippen LogP contribution in [0.2, 0.25) is 0 Å². The highest BCUT2D eigenvalue weighted by atomic mass is 19.1. The fourth-order valence-electron chi connectivity index (χ4n) is 1.88. The molecule has 21 heavy (non-hydrogen) atoms. The van der Waals surface area contributed by atoms with Gasteiger partial charge < -0.3 is 10.4 Å². The zero-order chi connectivity index (χ0) is 15.6. The third-order valence-electron chi connectivity index (χ3n) is 3.11. The SMILES string of the molecule is Cn1cc([C@@](C)(O)CNc2cc(F)ccc2[N+](=O)[O-])cn1. The Morgan fingerprint density at radius 2 is 2.29 bits per heavy atom. The van der Waals surface area contributed by atoms with Gasteiger partial charge in [-0.3, -0.25) is 14.8 Å². The molecule has 0 bridgehead atoms. The van der Waals surface area contributed by atoms with Crippen LogP contribution in [0.3, 0.4) is 0 Å². The fourth-order valence-corrected chi connectivity index (χ4v) is 1.88. The molecule has 0 spiro atoms. The third-order valence-corrected chi connectivity index (χ3v) is 3.11. The number of nitro benzene ring substituents is 1. The molecule has 1 atom stereocenters. The summed E-state index contributed by atoms with van der Waals surface area (Å²) in [5, 5.41) is 28.0. The highest BCUT2D eigenvalue weighted by molar-refractivity contribution is 5.61. The number of aromatic nitrogens is 2. The number of nitro groups is 1. The van der Waals surface area contributed by atoms with Crippen LogP contribution in [0.4, 0.5) is 15.8 Å². The molecule has 2 N–H and O–H groups in total. The predicted octanol–water partition coefficient (Wildman–Crippen LogP) is 1.79. The van der Waals surface area contributed by atoms with Gasteiger partial charge in [0.05, 0.1) is 11.1 Å². The van der Waals surface area contributed by atoms with E-state index in [0.717, 1.165) is 18.2 Å². The van der Waals surface area contributed by atoms with Crippen LogP contribution < -0.4 is 5.32 Å². The number of halogens is 1. The lowest BCUT2D eigenvalue weighted by Crippen LogP contribution is -2.30. The first-order valence-electron chi connectivity index (χ1n) is 6.19. The van der Waals surface area contributed by atoms with Crippen LogP contribution in [0.1, 0.15) is 12.5 Å². The number of hydrogen-bond acceptors (Lipinski definition) is 5. The summed E-state index contributed by atoms with van der Waals surface area (Å²) in [6.45, 7) is 1.52. The van der Waals surface area contributed by atoms with Crippen molar-refractivity contribution in [2.24, 2.45) is 7.05 Å². The van der Waals surface area contributed by atoms with E-state index in [9.17, 15) is 19.6 Å². The van der Waals surface area contributed by atoms with Crippen molar-refractivity contribution in [3.05, 3.63) is 52.1 Å². The molecule has 0 radical (unpaired) electrons. The van der Waals surface area contributed by atoms with Crippen LogP contribution in [0.5, 0.6) is 0 Å². The van der Waals surface area contributed by atoms with Crippen LogP contribution in [-0.2, 0) is 12.6 Å². The molecule has 1 heterocycles. The number of rotatable bonds is 5. The van der Waals surface area contributed by atoms with Gasteiger partial charge in [-0.15, -0.1) is 0 Å². The molecule has 0 saturated carbocycles. The maximum absolute atomic E-state index is 13.2. The lowest BCUT2D eigenvalue weighted by molar-refractivity contribution is -0.384. The first-order valence-corrected chi connectivity index (χ1v) is 6.19. The van der Waals surface area contributed by atoms with Crippen LogP contribution in [0.25, 0.3) is 0 Å². The van der Waals surface area contributed by atoms with Crippen molar-refractivity contribution in [2.75, 3.05) is 11.9 Å². The number of anilines is 1. The minimum absolute atomic E-state index is 0.0177. The Morgan fingerprint density at radius 3 is 2.86 bits per heavy atom. The van der Waals surface area contributed by atoms with Crippen LogP contribution in [-0.4, -0.2) is 26.4 Å². The molecular weight excluding hydrogens is 279 g/mol. The van der Waals surface area contributed by atoms with Gasteiger partial charge in [-0.05, 0) is 13.0 Å². The van der Waals surface area contributed by atoms with Crippen LogP contribution in [0, 0.1) is 15.9 Å². The van der Waals surface area contributed by atoms with Crippen molar-refractivity contribution in [2.45, 2.75) is 12.5 Å². The molecule has 0 amide bonds. The number of aryl methyl sites for hydroxylation is 1. The van der Waals surface area contributed by atoms with Gasteiger partial charge >= 0.3 is 0 Å². The molecule has 1 aromatic carbocycles. The van der Waals surface area contributed by atoms with Crippen molar-refractivity contribution in [3.8, 4) is 0 Å². The van der Waals surface area contributed by atoms with E-state index < -0.39 is 16.3 Å². The molecule has 0 unspecified atom stereocenters. The van der Waals surface area contributed by atoms with E-state index in [-0.39, 0.29) is 17.9 Å². The van der Waals surface area contributed by atoms with E-state index in [1.807, 2.05) is 0 Å². The number of benzene rings is 1. The van der Waals surface area contributed by atoms with Crippen molar-refractivity contribution in [1.29, 1.82) is 0 Å². The van der Waals surface area contributed by atoms with Crippen molar-refractivity contribution in [3.63, 3.8) is 0 Å². The van der Waals surface area contributed by atoms with Gasteiger partial charge in [0.15, 0.2) is 0 Å². The molecule has 0 fully saturated rings. The Kier molecular flexibility index (Phi) is 3.90. The van der Waals surface area contributed by atoms with Gasteiger partial charge in [-0.2, -0.15) is 5.10 Å². The summed E-state index contributed by atoms with van der Waals surface area (Å²) in [6, 6.07) is 3.12. The monoisotopic (exact) mass is 294 g/mol. The fraction of sp³-hybridized carbons (Fsp3) is 0.308. The number of nitrogens with zero attached hydrogens (tertiary/aromatic N) is 3. The first kappa shape index (κ1) is 14.9. The molecular formula is C13H15FN4O3. The Labute approximate surface area is 120 Å². The molecule has 1 aromatic heterocycles. The zero-order valence-corrected chi connectivity index (χ0v) is 11.6.